The zero-order valence-corrected chi connectivity index (χ0v) is 47.4. The second-order valence-electron chi connectivity index (χ2n) is 21.6. The Bertz CT molecular complexity index is 2380. The topological polar surface area (TPSA) is 143 Å². The van der Waals surface area contributed by atoms with Gasteiger partial charge in [0.25, 0.3) is 0 Å². The molecule has 0 bridgehead atoms. The Labute approximate surface area is 440 Å². The lowest BCUT2D eigenvalue weighted by molar-refractivity contribution is -0.142. The van der Waals surface area contributed by atoms with Crippen LogP contribution in [-0.2, 0) is 25.2 Å². The second kappa shape index (κ2) is 27.2. The number of carboxylic acids is 1. The Balaban J connectivity index is 0.000000317. The molecule has 4 N–H and O–H groups in total. The summed E-state index contributed by atoms with van der Waals surface area (Å²) in [7, 11) is 0. The molecule has 1 aliphatic rings. The minimum absolute atomic E-state index is 0.0736. The number of hydrogen-bond acceptors (Lipinski definition) is 8. The Morgan fingerprint density at radius 1 is 0.603 bits per heavy atom. The molecular formula is C64H94O9. The summed E-state index contributed by atoms with van der Waals surface area (Å²) in [6, 6.07) is 26.6. The fourth-order valence-corrected chi connectivity index (χ4v) is 11.6. The summed E-state index contributed by atoms with van der Waals surface area (Å²) in [5.74, 6) is 1.09. The Kier molecular flexibility index (Phi) is 22.7. The van der Waals surface area contributed by atoms with Crippen LogP contribution in [0.1, 0.15) is 227 Å². The van der Waals surface area contributed by atoms with Gasteiger partial charge in [0.15, 0.2) is 0 Å². The molecule has 9 heteroatoms. The highest BCUT2D eigenvalue weighted by Crippen LogP contribution is 2.44. The van der Waals surface area contributed by atoms with Crippen LogP contribution in [0, 0.1) is 27.7 Å². The van der Waals surface area contributed by atoms with Crippen LogP contribution >= 0.6 is 0 Å². The second-order valence-corrected chi connectivity index (χ2v) is 21.6. The number of aliphatic carboxylic acids is 1. The fourth-order valence-electron chi connectivity index (χ4n) is 11.6. The van der Waals surface area contributed by atoms with Crippen molar-refractivity contribution in [2.24, 2.45) is 0 Å². The number of ether oxygens (including phenoxy) is 3. The van der Waals surface area contributed by atoms with E-state index in [-0.39, 0.29) is 48.3 Å². The summed E-state index contributed by atoms with van der Waals surface area (Å²) >= 11 is 0. The molecule has 0 radical (unpaired) electrons. The van der Waals surface area contributed by atoms with Crippen molar-refractivity contribution in [1.82, 2.24) is 0 Å². The third-order valence-electron chi connectivity index (χ3n) is 17.1. The Hall–Kier alpha value is -4.70. The average molecular weight is 1010 g/mol. The number of carbonyl (C=O) groups excluding carboxylic acids is 1. The average Bonchev–Trinajstić information content (AvgIpc) is 3.80. The van der Waals surface area contributed by atoms with Crippen molar-refractivity contribution in [1.29, 1.82) is 0 Å². The van der Waals surface area contributed by atoms with Gasteiger partial charge in [-0.1, -0.05) is 130 Å². The zero-order chi connectivity index (χ0) is 54.3. The van der Waals surface area contributed by atoms with Crippen LogP contribution in [0.4, 0.5) is 0 Å². The highest BCUT2D eigenvalue weighted by Gasteiger charge is 2.35. The molecule has 1 heterocycles. The van der Waals surface area contributed by atoms with E-state index < -0.39 is 23.3 Å². The van der Waals surface area contributed by atoms with E-state index in [4.69, 9.17) is 19.3 Å². The van der Waals surface area contributed by atoms with Crippen molar-refractivity contribution in [2.75, 3.05) is 13.2 Å². The summed E-state index contributed by atoms with van der Waals surface area (Å²) in [6.45, 7) is 30.7. The molecule has 5 rings (SSSR count). The minimum atomic E-state index is -0.920. The van der Waals surface area contributed by atoms with Gasteiger partial charge < -0.3 is 34.6 Å². The molecule has 4 aromatic rings. The van der Waals surface area contributed by atoms with Crippen LogP contribution in [0.2, 0.25) is 0 Å². The first-order chi connectivity index (χ1) is 34.6. The molecule has 404 valence electrons. The minimum Gasteiger partial charge on any atom is -0.491 e. The number of rotatable bonds is 27. The van der Waals surface area contributed by atoms with Gasteiger partial charge in [0.1, 0.15) is 30.8 Å². The summed E-state index contributed by atoms with van der Waals surface area (Å²) in [5, 5.41) is 40.6. The van der Waals surface area contributed by atoms with Gasteiger partial charge in [-0.3, -0.25) is 9.59 Å². The summed E-state index contributed by atoms with van der Waals surface area (Å²) in [5.41, 5.74) is 11.0. The third-order valence-corrected chi connectivity index (χ3v) is 17.1. The molecule has 0 saturated carbocycles. The molecule has 0 amide bonds. The number of aryl methyl sites for hydroxylation is 4. The van der Waals surface area contributed by atoms with Crippen molar-refractivity contribution >= 4 is 11.9 Å². The van der Waals surface area contributed by atoms with E-state index in [1.807, 2.05) is 13.0 Å². The molecule has 0 spiro atoms. The van der Waals surface area contributed by atoms with Crippen LogP contribution in [-0.4, -0.2) is 69.0 Å². The monoisotopic (exact) mass is 1010 g/mol. The van der Waals surface area contributed by atoms with Crippen LogP contribution in [0.25, 0.3) is 0 Å². The standard InChI is InChI=1S/C32H48O5.C32H46O4/c1-8-31(36,9-2)20-24(7)28-15-12-25(18-22(28)5)32(10-3,11-4)26-13-16-29(23(6)19-26)37-21-27(33)14-17-30(34)35;1-8-31(34,9-2)20-24(7)28-15-12-25(18-22(28)5)32(10-3,11-4)26-13-16-29(23(6)19-26)35-21-27-14-17-30(33)36-27/h12-13,15-16,18-19,24,27,33,36H,8-11,14,17,20-21H2,1-7H3,(H,34,35);12-13,15-16,18-19,24,27,34H,8-11,14,17,20-21H2,1-7H3/t2*24?,27-/m00/s1. The first kappa shape index (κ1) is 60.9. The van der Waals surface area contributed by atoms with Crippen molar-refractivity contribution in [2.45, 2.75) is 233 Å². The van der Waals surface area contributed by atoms with Crippen LogP contribution in [0.3, 0.4) is 0 Å². The first-order valence-electron chi connectivity index (χ1n) is 27.8. The van der Waals surface area contributed by atoms with Crippen LogP contribution in [0.5, 0.6) is 11.5 Å². The van der Waals surface area contributed by atoms with Crippen molar-refractivity contribution in [3.05, 3.63) is 128 Å². The molecule has 0 aliphatic carbocycles. The van der Waals surface area contributed by atoms with E-state index in [1.165, 1.54) is 44.5 Å². The molecular weight excluding hydrogens is 913 g/mol. The molecule has 1 aliphatic heterocycles. The highest BCUT2D eigenvalue weighted by atomic mass is 16.6. The number of esters is 1. The molecule has 2 unspecified atom stereocenters. The van der Waals surface area contributed by atoms with E-state index in [2.05, 4.69) is 157 Å². The number of aliphatic hydroxyl groups is 3. The van der Waals surface area contributed by atoms with Gasteiger partial charge in [-0.2, -0.15) is 0 Å². The maximum atomic E-state index is 11.4. The summed E-state index contributed by atoms with van der Waals surface area (Å²) < 4.78 is 17.2. The molecule has 1 fully saturated rings. The number of cyclic esters (lactones) is 1. The van der Waals surface area contributed by atoms with Gasteiger partial charge in [0.2, 0.25) is 0 Å². The zero-order valence-electron chi connectivity index (χ0n) is 47.4. The number of aliphatic hydroxyl groups excluding tert-OH is 1. The van der Waals surface area contributed by atoms with E-state index in [0.29, 0.717) is 24.7 Å². The van der Waals surface area contributed by atoms with Gasteiger partial charge in [-0.05, 0) is 184 Å². The molecule has 1 saturated heterocycles. The van der Waals surface area contributed by atoms with Gasteiger partial charge in [0.05, 0.1) is 17.3 Å². The lowest BCUT2D eigenvalue weighted by Gasteiger charge is -2.35. The van der Waals surface area contributed by atoms with Crippen LogP contribution < -0.4 is 9.47 Å². The Morgan fingerprint density at radius 2 is 0.986 bits per heavy atom. The van der Waals surface area contributed by atoms with Gasteiger partial charge in [-0.15, -0.1) is 0 Å². The van der Waals surface area contributed by atoms with Crippen molar-refractivity contribution in [3.8, 4) is 11.5 Å². The summed E-state index contributed by atoms with van der Waals surface area (Å²) in [6.07, 6.45) is 8.91. The van der Waals surface area contributed by atoms with Gasteiger partial charge in [-0.25, -0.2) is 0 Å². The van der Waals surface area contributed by atoms with Crippen molar-refractivity contribution in [3.63, 3.8) is 0 Å². The number of hydrogen-bond donors (Lipinski definition) is 4. The van der Waals surface area contributed by atoms with E-state index in [1.54, 1.807) is 0 Å². The Morgan fingerprint density at radius 3 is 1.32 bits per heavy atom. The van der Waals surface area contributed by atoms with Crippen LogP contribution in [0.15, 0.2) is 72.8 Å². The predicted molar refractivity (Wildman–Crippen MR) is 298 cm³/mol. The molecule has 9 nitrogen and oxygen atoms in total. The molecule has 73 heavy (non-hydrogen) atoms. The van der Waals surface area contributed by atoms with E-state index in [9.17, 15) is 24.9 Å². The smallest absolute Gasteiger partial charge is 0.306 e. The van der Waals surface area contributed by atoms with E-state index >= 15 is 0 Å². The van der Waals surface area contributed by atoms with Gasteiger partial charge >= 0.3 is 11.9 Å². The normalized spacial score (nSPS) is 15.5. The highest BCUT2D eigenvalue weighted by molar-refractivity contribution is 5.71. The first-order valence-corrected chi connectivity index (χ1v) is 27.8. The number of benzene rings is 4. The molecule has 0 aromatic heterocycles. The molecule has 4 atom stereocenters. The maximum Gasteiger partial charge on any atom is 0.306 e. The lowest BCUT2D eigenvalue weighted by atomic mass is 9.69. The fraction of sp³-hybridized carbons (Fsp3) is 0.594. The lowest BCUT2D eigenvalue weighted by Crippen LogP contribution is -2.29. The molecule has 4 aromatic carbocycles. The van der Waals surface area contributed by atoms with Crippen molar-refractivity contribution < 1.29 is 44.2 Å². The SMILES string of the molecule is CCC(O)(CC)CC(C)c1ccc(C(CC)(CC)c2ccc(OC[C@@H](O)CCC(=O)O)c(C)c2)cc1C.CCC(O)(CC)CC(C)c1ccc(C(CC)(CC)c2ccc(OC[C@@H]3CCC(=O)O3)c(C)c2)cc1C. The summed E-state index contributed by atoms with van der Waals surface area (Å²) in [4.78, 5) is 22.1. The van der Waals surface area contributed by atoms with E-state index in [0.717, 1.165) is 87.5 Å². The van der Waals surface area contributed by atoms with Gasteiger partial charge in [0, 0.05) is 23.7 Å². The predicted octanol–water partition coefficient (Wildman–Crippen LogP) is 14.6. The quantitative estimate of drug-likeness (QED) is 0.0429. The number of carboxylic acid groups (broad SMARTS) is 1. The third kappa shape index (κ3) is 15.2. The maximum absolute atomic E-state index is 11.4. The number of carbonyl (C=O) groups is 2. The largest absolute Gasteiger partial charge is 0.491 e.